The monoisotopic (exact) mass is 262 g/mol. The molecule has 4 nitrogen and oxygen atoms in total. The highest BCUT2D eigenvalue weighted by Crippen LogP contribution is 2.10. The van der Waals surface area contributed by atoms with Crippen molar-refractivity contribution in [2.75, 3.05) is 19.7 Å². The Balaban J connectivity index is 1.63. The lowest BCUT2D eigenvalue weighted by Crippen LogP contribution is -2.37. The summed E-state index contributed by atoms with van der Waals surface area (Å²) in [4.78, 5) is 11.7. The Kier molecular flexibility index (Phi) is 5.36. The predicted octanol–water partition coefficient (Wildman–Crippen LogP) is 1.38. The van der Waals surface area contributed by atoms with Crippen molar-refractivity contribution in [3.05, 3.63) is 35.4 Å². The van der Waals surface area contributed by atoms with E-state index in [0.717, 1.165) is 31.6 Å². The smallest absolute Gasteiger partial charge is 0.234 e. The topological polar surface area (TPSA) is 50.4 Å². The van der Waals surface area contributed by atoms with Gasteiger partial charge in [0.15, 0.2) is 0 Å². The van der Waals surface area contributed by atoms with Crippen molar-refractivity contribution in [2.45, 2.75) is 32.4 Å². The van der Waals surface area contributed by atoms with E-state index in [0.29, 0.717) is 13.1 Å². The molecular formula is C15H22N2O2. The Bertz CT molecular complexity index is 414. The molecule has 0 radical (unpaired) electrons. The molecule has 4 heteroatoms. The minimum atomic E-state index is 0.0289. The van der Waals surface area contributed by atoms with Crippen LogP contribution in [-0.2, 0) is 16.1 Å². The minimum Gasteiger partial charge on any atom is -0.377 e. The van der Waals surface area contributed by atoms with E-state index in [4.69, 9.17) is 4.74 Å². The van der Waals surface area contributed by atoms with Crippen LogP contribution in [0.2, 0.25) is 0 Å². The van der Waals surface area contributed by atoms with E-state index < -0.39 is 0 Å². The van der Waals surface area contributed by atoms with Gasteiger partial charge in [0.05, 0.1) is 12.6 Å². The highest BCUT2D eigenvalue weighted by Gasteiger charge is 2.14. The van der Waals surface area contributed by atoms with Crippen LogP contribution in [0.15, 0.2) is 24.3 Å². The lowest BCUT2D eigenvalue weighted by Gasteiger charge is -2.11. The van der Waals surface area contributed by atoms with Gasteiger partial charge in [-0.15, -0.1) is 0 Å². The number of amides is 1. The zero-order valence-corrected chi connectivity index (χ0v) is 11.4. The summed E-state index contributed by atoms with van der Waals surface area (Å²) in [6.07, 6.45) is 2.51. The number of hydrogen-bond acceptors (Lipinski definition) is 3. The maximum absolute atomic E-state index is 11.7. The molecule has 1 unspecified atom stereocenters. The number of carbonyl (C=O) groups is 1. The summed E-state index contributed by atoms with van der Waals surface area (Å²) < 4.78 is 5.49. The normalized spacial score (nSPS) is 18.5. The van der Waals surface area contributed by atoms with E-state index in [9.17, 15) is 4.79 Å². The molecule has 0 spiro atoms. The van der Waals surface area contributed by atoms with Gasteiger partial charge in [-0.2, -0.15) is 0 Å². The molecule has 1 heterocycles. The van der Waals surface area contributed by atoms with Crippen molar-refractivity contribution in [1.82, 2.24) is 10.6 Å². The summed E-state index contributed by atoms with van der Waals surface area (Å²) in [5.41, 5.74) is 2.37. The molecule has 1 amide bonds. The van der Waals surface area contributed by atoms with Gasteiger partial charge in [0.1, 0.15) is 0 Å². The third-order valence-corrected chi connectivity index (χ3v) is 3.42. The van der Waals surface area contributed by atoms with Crippen LogP contribution in [0.5, 0.6) is 0 Å². The van der Waals surface area contributed by atoms with Crippen LogP contribution in [0, 0.1) is 6.92 Å². The molecule has 104 valence electrons. The molecule has 1 aliphatic rings. The van der Waals surface area contributed by atoms with Crippen LogP contribution in [0.4, 0.5) is 0 Å². The molecular weight excluding hydrogens is 240 g/mol. The summed E-state index contributed by atoms with van der Waals surface area (Å²) in [5, 5.41) is 6.06. The van der Waals surface area contributed by atoms with Gasteiger partial charge in [-0.25, -0.2) is 0 Å². The Labute approximate surface area is 114 Å². The van der Waals surface area contributed by atoms with Gasteiger partial charge in [-0.05, 0) is 30.9 Å². The van der Waals surface area contributed by atoms with E-state index in [1.165, 1.54) is 5.56 Å². The molecule has 2 rings (SSSR count). The first-order chi connectivity index (χ1) is 9.25. The van der Waals surface area contributed by atoms with Crippen molar-refractivity contribution >= 4 is 5.91 Å². The fraction of sp³-hybridized carbons (Fsp3) is 0.533. The first-order valence-corrected chi connectivity index (χ1v) is 6.89. The number of nitrogens with one attached hydrogen (secondary N) is 2. The first-order valence-electron chi connectivity index (χ1n) is 6.89. The molecule has 2 N–H and O–H groups in total. The molecule has 0 bridgehead atoms. The molecule has 0 saturated carbocycles. The van der Waals surface area contributed by atoms with E-state index >= 15 is 0 Å². The summed E-state index contributed by atoms with van der Waals surface area (Å²) in [6, 6.07) is 8.08. The zero-order valence-electron chi connectivity index (χ0n) is 11.4. The number of hydrogen-bond donors (Lipinski definition) is 2. The van der Waals surface area contributed by atoms with Gasteiger partial charge in [0.25, 0.3) is 0 Å². The summed E-state index contributed by atoms with van der Waals surface area (Å²) in [6.45, 7) is 4.61. The molecule has 1 atom stereocenters. The SMILES string of the molecule is Cc1ccccc1CNC(=O)CNCC1CCCO1. The van der Waals surface area contributed by atoms with Gasteiger partial charge in [-0.3, -0.25) is 4.79 Å². The summed E-state index contributed by atoms with van der Waals surface area (Å²) in [5.74, 6) is 0.0289. The number of carbonyl (C=O) groups excluding carboxylic acids is 1. The molecule has 1 aromatic carbocycles. The van der Waals surface area contributed by atoms with Crippen molar-refractivity contribution in [1.29, 1.82) is 0 Å². The van der Waals surface area contributed by atoms with Crippen LogP contribution in [-0.4, -0.2) is 31.7 Å². The molecule has 1 fully saturated rings. The number of rotatable bonds is 6. The minimum absolute atomic E-state index is 0.0289. The quantitative estimate of drug-likeness (QED) is 0.814. The van der Waals surface area contributed by atoms with Crippen LogP contribution < -0.4 is 10.6 Å². The third kappa shape index (κ3) is 4.65. The van der Waals surface area contributed by atoms with E-state index in [2.05, 4.69) is 23.6 Å². The second-order valence-electron chi connectivity index (χ2n) is 4.97. The fourth-order valence-corrected chi connectivity index (χ4v) is 2.22. The molecule has 1 saturated heterocycles. The lowest BCUT2D eigenvalue weighted by molar-refractivity contribution is -0.120. The largest absolute Gasteiger partial charge is 0.377 e. The molecule has 1 aromatic rings. The van der Waals surface area contributed by atoms with Crippen LogP contribution in [0.1, 0.15) is 24.0 Å². The number of aryl methyl sites for hydroxylation is 1. The first kappa shape index (κ1) is 14.0. The van der Waals surface area contributed by atoms with Gasteiger partial charge in [0.2, 0.25) is 5.91 Å². The second kappa shape index (κ2) is 7.26. The van der Waals surface area contributed by atoms with E-state index in [-0.39, 0.29) is 12.0 Å². The Morgan fingerprint density at radius 1 is 1.42 bits per heavy atom. The van der Waals surface area contributed by atoms with Crippen LogP contribution in [0.3, 0.4) is 0 Å². The highest BCUT2D eigenvalue weighted by molar-refractivity contribution is 5.78. The van der Waals surface area contributed by atoms with Crippen LogP contribution in [0.25, 0.3) is 0 Å². The fourth-order valence-electron chi connectivity index (χ4n) is 2.22. The summed E-state index contributed by atoms with van der Waals surface area (Å²) >= 11 is 0. The lowest BCUT2D eigenvalue weighted by atomic mass is 10.1. The number of ether oxygens (including phenoxy) is 1. The van der Waals surface area contributed by atoms with Gasteiger partial charge in [0, 0.05) is 19.7 Å². The van der Waals surface area contributed by atoms with Crippen molar-refractivity contribution in [3.8, 4) is 0 Å². The molecule has 0 aromatic heterocycles. The maximum atomic E-state index is 11.7. The van der Waals surface area contributed by atoms with E-state index in [1.807, 2.05) is 18.2 Å². The maximum Gasteiger partial charge on any atom is 0.234 e. The second-order valence-corrected chi connectivity index (χ2v) is 4.97. The average molecular weight is 262 g/mol. The standard InChI is InChI=1S/C15H22N2O2/c1-12-5-2-3-6-13(12)9-17-15(18)11-16-10-14-7-4-8-19-14/h2-3,5-6,14,16H,4,7-11H2,1H3,(H,17,18). The zero-order chi connectivity index (χ0) is 13.5. The Morgan fingerprint density at radius 3 is 3.00 bits per heavy atom. The van der Waals surface area contributed by atoms with Crippen molar-refractivity contribution < 1.29 is 9.53 Å². The highest BCUT2D eigenvalue weighted by atomic mass is 16.5. The third-order valence-electron chi connectivity index (χ3n) is 3.42. The van der Waals surface area contributed by atoms with Crippen LogP contribution >= 0.6 is 0 Å². The Hall–Kier alpha value is -1.39. The molecule has 1 aliphatic heterocycles. The van der Waals surface area contributed by atoms with Crippen molar-refractivity contribution in [2.24, 2.45) is 0 Å². The van der Waals surface area contributed by atoms with Gasteiger partial charge in [-0.1, -0.05) is 24.3 Å². The van der Waals surface area contributed by atoms with Gasteiger partial charge < -0.3 is 15.4 Å². The number of benzene rings is 1. The van der Waals surface area contributed by atoms with Gasteiger partial charge >= 0.3 is 0 Å². The average Bonchev–Trinajstić information content (AvgIpc) is 2.91. The molecule has 19 heavy (non-hydrogen) atoms. The van der Waals surface area contributed by atoms with E-state index in [1.54, 1.807) is 0 Å². The molecule has 0 aliphatic carbocycles. The predicted molar refractivity (Wildman–Crippen MR) is 74.9 cm³/mol. The Morgan fingerprint density at radius 2 is 2.26 bits per heavy atom. The van der Waals surface area contributed by atoms with Crippen molar-refractivity contribution in [3.63, 3.8) is 0 Å². The summed E-state index contributed by atoms with van der Waals surface area (Å²) in [7, 11) is 0.